The van der Waals surface area contributed by atoms with E-state index in [4.69, 9.17) is 4.74 Å². The molecule has 0 spiro atoms. The first-order chi connectivity index (χ1) is 11.0. The lowest BCUT2D eigenvalue weighted by molar-refractivity contribution is -0.120. The van der Waals surface area contributed by atoms with Gasteiger partial charge in [0.25, 0.3) is 0 Å². The predicted octanol–water partition coefficient (Wildman–Crippen LogP) is 2.48. The third-order valence-electron chi connectivity index (χ3n) is 2.97. The molecular formula is C16H21BrN2O4. The number of alkyl halides is 1. The van der Waals surface area contributed by atoms with Crippen molar-refractivity contribution in [2.24, 2.45) is 0 Å². The highest BCUT2D eigenvalue weighted by molar-refractivity contribution is 9.10. The van der Waals surface area contributed by atoms with Crippen LogP contribution in [0.5, 0.6) is 0 Å². The topological polar surface area (TPSA) is 84.5 Å². The molecule has 0 bridgehead atoms. The highest BCUT2D eigenvalue weighted by atomic mass is 79.9. The van der Waals surface area contributed by atoms with Gasteiger partial charge in [-0.2, -0.15) is 0 Å². The molecule has 0 fully saturated rings. The van der Waals surface area contributed by atoms with E-state index in [0.717, 1.165) is 0 Å². The van der Waals surface area contributed by atoms with Crippen molar-refractivity contribution < 1.29 is 19.1 Å². The molecule has 2 N–H and O–H groups in total. The van der Waals surface area contributed by atoms with Crippen LogP contribution in [0.15, 0.2) is 24.3 Å². The fraction of sp³-hybridized carbons (Fsp3) is 0.438. The van der Waals surface area contributed by atoms with E-state index in [9.17, 15) is 14.4 Å². The van der Waals surface area contributed by atoms with Gasteiger partial charge in [-0.25, -0.2) is 4.79 Å². The van der Waals surface area contributed by atoms with E-state index in [1.54, 1.807) is 31.2 Å². The predicted molar refractivity (Wildman–Crippen MR) is 91.7 cm³/mol. The summed E-state index contributed by atoms with van der Waals surface area (Å²) in [5.74, 6) is -0.732. The molecular weight excluding hydrogens is 364 g/mol. The maximum Gasteiger partial charge on any atom is 0.338 e. The first kappa shape index (κ1) is 19.2. The summed E-state index contributed by atoms with van der Waals surface area (Å²) in [5.41, 5.74) is 1.02. The maximum atomic E-state index is 11.8. The number of amides is 2. The van der Waals surface area contributed by atoms with E-state index >= 15 is 0 Å². The van der Waals surface area contributed by atoms with Crippen molar-refractivity contribution in [3.05, 3.63) is 29.8 Å². The fourth-order valence-electron chi connectivity index (χ4n) is 1.72. The Labute approximate surface area is 144 Å². The van der Waals surface area contributed by atoms with Crippen LogP contribution in [0.3, 0.4) is 0 Å². The van der Waals surface area contributed by atoms with E-state index < -0.39 is 5.97 Å². The minimum atomic E-state index is -0.395. The van der Waals surface area contributed by atoms with Crippen LogP contribution in [0.4, 0.5) is 5.69 Å². The second-order valence-corrected chi connectivity index (χ2v) is 5.87. The molecule has 0 aromatic heterocycles. The molecule has 23 heavy (non-hydrogen) atoms. The average molecular weight is 385 g/mol. The molecule has 2 amide bonds. The number of halogens is 1. The van der Waals surface area contributed by atoms with Gasteiger partial charge in [0.2, 0.25) is 11.8 Å². The number of ether oxygens (including phenoxy) is 1. The highest BCUT2D eigenvalue weighted by Gasteiger charge is 2.12. The molecule has 7 heteroatoms. The van der Waals surface area contributed by atoms with Gasteiger partial charge in [0, 0.05) is 18.7 Å². The lowest BCUT2D eigenvalue weighted by Gasteiger charge is -2.09. The molecule has 6 nitrogen and oxygen atoms in total. The summed E-state index contributed by atoms with van der Waals surface area (Å²) in [7, 11) is 0. The van der Waals surface area contributed by atoms with Crippen LogP contribution in [-0.4, -0.2) is 35.8 Å². The van der Waals surface area contributed by atoms with Crippen LogP contribution in [0, 0.1) is 0 Å². The molecule has 0 aliphatic rings. The Morgan fingerprint density at radius 2 is 1.83 bits per heavy atom. The molecule has 1 atom stereocenters. The van der Waals surface area contributed by atoms with Crippen LogP contribution in [0.2, 0.25) is 0 Å². The molecule has 0 aliphatic heterocycles. The number of anilines is 1. The molecule has 0 radical (unpaired) electrons. The van der Waals surface area contributed by atoms with Crippen molar-refractivity contribution in [1.82, 2.24) is 5.32 Å². The molecule has 0 unspecified atom stereocenters. The number of rotatable bonds is 8. The van der Waals surface area contributed by atoms with Crippen molar-refractivity contribution in [2.75, 3.05) is 18.5 Å². The Balaban J connectivity index is 2.40. The summed E-state index contributed by atoms with van der Waals surface area (Å²) < 4.78 is 4.88. The number of carbonyl (C=O) groups is 3. The van der Waals surface area contributed by atoms with Gasteiger partial charge in [-0.15, -0.1) is 0 Å². The van der Waals surface area contributed by atoms with Gasteiger partial charge in [-0.05, 0) is 37.6 Å². The number of hydrogen-bond acceptors (Lipinski definition) is 4. The van der Waals surface area contributed by atoms with E-state index in [1.807, 2.05) is 6.92 Å². The van der Waals surface area contributed by atoms with Gasteiger partial charge in [-0.1, -0.05) is 22.9 Å². The van der Waals surface area contributed by atoms with Crippen molar-refractivity contribution in [2.45, 2.75) is 31.5 Å². The summed E-state index contributed by atoms with van der Waals surface area (Å²) in [6, 6.07) is 6.45. The monoisotopic (exact) mass is 384 g/mol. The smallest absolute Gasteiger partial charge is 0.338 e. The SMILES string of the molecule is CCOC(=O)c1ccc(NC(=O)CCNC(=O)[C@H](Br)CC)cc1. The van der Waals surface area contributed by atoms with Crippen LogP contribution < -0.4 is 10.6 Å². The zero-order valence-electron chi connectivity index (χ0n) is 13.2. The van der Waals surface area contributed by atoms with Crippen LogP contribution in [-0.2, 0) is 14.3 Å². The summed E-state index contributed by atoms with van der Waals surface area (Å²) in [6.07, 6.45) is 0.861. The quantitative estimate of drug-likeness (QED) is 0.532. The summed E-state index contributed by atoms with van der Waals surface area (Å²) in [4.78, 5) is 34.6. The summed E-state index contributed by atoms with van der Waals surface area (Å²) in [6.45, 7) is 4.22. The summed E-state index contributed by atoms with van der Waals surface area (Å²) in [5, 5.41) is 5.38. The third kappa shape index (κ3) is 6.81. The minimum Gasteiger partial charge on any atom is -0.462 e. The number of esters is 1. The molecule has 0 saturated heterocycles. The fourth-order valence-corrected chi connectivity index (χ4v) is 1.88. The average Bonchev–Trinajstić information content (AvgIpc) is 2.54. The molecule has 0 heterocycles. The van der Waals surface area contributed by atoms with E-state index in [2.05, 4.69) is 26.6 Å². The van der Waals surface area contributed by atoms with Gasteiger partial charge >= 0.3 is 5.97 Å². The lowest BCUT2D eigenvalue weighted by atomic mass is 10.2. The van der Waals surface area contributed by atoms with Crippen molar-refractivity contribution in [3.8, 4) is 0 Å². The van der Waals surface area contributed by atoms with Crippen molar-refractivity contribution in [3.63, 3.8) is 0 Å². The van der Waals surface area contributed by atoms with Crippen LogP contribution in [0.25, 0.3) is 0 Å². The second-order valence-electron chi connectivity index (χ2n) is 4.76. The van der Waals surface area contributed by atoms with Gasteiger partial charge in [0.05, 0.1) is 17.0 Å². The van der Waals surface area contributed by atoms with Crippen molar-refractivity contribution in [1.29, 1.82) is 0 Å². The molecule has 1 aromatic rings. The van der Waals surface area contributed by atoms with Gasteiger partial charge in [0.15, 0.2) is 0 Å². The van der Waals surface area contributed by atoms with Crippen LogP contribution in [0.1, 0.15) is 37.0 Å². The Bertz CT molecular complexity index is 546. The number of nitrogens with one attached hydrogen (secondary N) is 2. The van der Waals surface area contributed by atoms with Gasteiger partial charge < -0.3 is 15.4 Å². The number of hydrogen-bond donors (Lipinski definition) is 2. The normalized spacial score (nSPS) is 11.4. The highest BCUT2D eigenvalue weighted by Crippen LogP contribution is 2.11. The first-order valence-electron chi connectivity index (χ1n) is 7.46. The van der Waals surface area contributed by atoms with E-state index in [-0.39, 0.29) is 29.6 Å². The standard InChI is InChI=1S/C16H21BrN2O4/c1-3-13(17)15(21)18-10-9-14(20)19-12-7-5-11(6-8-12)16(22)23-4-2/h5-8,13H,3-4,9-10H2,1-2H3,(H,18,21)(H,19,20)/t13-/m1/s1. The lowest BCUT2D eigenvalue weighted by Crippen LogP contribution is -2.33. The minimum absolute atomic E-state index is 0.126. The zero-order valence-corrected chi connectivity index (χ0v) is 14.8. The Hall–Kier alpha value is -1.89. The Morgan fingerprint density at radius 3 is 2.39 bits per heavy atom. The zero-order chi connectivity index (χ0) is 17.2. The molecule has 1 aromatic carbocycles. The molecule has 1 rings (SSSR count). The number of carbonyl (C=O) groups excluding carboxylic acids is 3. The molecule has 0 aliphatic carbocycles. The molecule has 0 saturated carbocycles. The Morgan fingerprint density at radius 1 is 1.17 bits per heavy atom. The maximum absolute atomic E-state index is 11.8. The third-order valence-corrected chi connectivity index (χ3v) is 4.04. The van der Waals surface area contributed by atoms with Gasteiger partial charge in [0.1, 0.15) is 0 Å². The van der Waals surface area contributed by atoms with Crippen LogP contribution >= 0.6 is 15.9 Å². The van der Waals surface area contributed by atoms with Gasteiger partial charge in [-0.3, -0.25) is 9.59 Å². The molecule has 126 valence electrons. The first-order valence-corrected chi connectivity index (χ1v) is 8.38. The van der Waals surface area contributed by atoms with Crippen molar-refractivity contribution >= 4 is 39.4 Å². The number of benzene rings is 1. The van der Waals surface area contributed by atoms with E-state index in [1.165, 1.54) is 0 Å². The Kier molecular flexibility index (Phi) is 8.32. The van der Waals surface area contributed by atoms with E-state index in [0.29, 0.717) is 24.3 Å². The summed E-state index contributed by atoms with van der Waals surface area (Å²) >= 11 is 3.24. The largest absolute Gasteiger partial charge is 0.462 e. The second kappa shape index (κ2) is 9.99.